The third-order valence-corrected chi connectivity index (χ3v) is 6.14. The predicted molar refractivity (Wildman–Crippen MR) is 99.5 cm³/mol. The van der Waals surface area contributed by atoms with Crippen LogP contribution in [-0.2, 0) is 0 Å². The fourth-order valence-corrected chi connectivity index (χ4v) is 4.72. The van der Waals surface area contributed by atoms with E-state index in [1.54, 1.807) is 12.1 Å². The van der Waals surface area contributed by atoms with E-state index >= 15 is 0 Å². The summed E-state index contributed by atoms with van der Waals surface area (Å²) < 4.78 is 0. The minimum atomic E-state index is 0.148. The number of nitrogens with zero attached hydrogens (tertiary/aromatic N) is 3. The second-order valence-electron chi connectivity index (χ2n) is 6.84. The summed E-state index contributed by atoms with van der Waals surface area (Å²) in [5.74, 6) is 0.903. The average molecular weight is 357 g/mol. The maximum atomic E-state index is 13.0. The van der Waals surface area contributed by atoms with Crippen LogP contribution in [0.5, 0.6) is 5.75 Å². The largest absolute Gasteiger partial charge is 0.508 e. The molecule has 1 aromatic carbocycles. The number of hydrogen-bond donors (Lipinski definition) is 1. The second kappa shape index (κ2) is 7.04. The molecule has 6 heteroatoms. The molecule has 5 nitrogen and oxygen atoms in total. The summed E-state index contributed by atoms with van der Waals surface area (Å²) in [7, 11) is 0. The Balaban J connectivity index is 1.41. The van der Waals surface area contributed by atoms with E-state index in [1.807, 2.05) is 22.5 Å². The van der Waals surface area contributed by atoms with Crippen LogP contribution < -0.4 is 4.90 Å². The molecule has 1 aliphatic heterocycles. The summed E-state index contributed by atoms with van der Waals surface area (Å²) in [4.78, 5) is 22.6. The van der Waals surface area contributed by atoms with Crippen LogP contribution in [0.4, 0.5) is 5.69 Å². The number of rotatable bonds is 3. The topological polar surface area (TPSA) is 56.7 Å². The highest BCUT2D eigenvalue weighted by Crippen LogP contribution is 2.36. The number of hydrogen-bond acceptors (Lipinski definition) is 5. The van der Waals surface area contributed by atoms with Crippen LogP contribution in [0.3, 0.4) is 0 Å². The summed E-state index contributed by atoms with van der Waals surface area (Å²) in [5.41, 5.74) is 3.95. The molecule has 2 fully saturated rings. The van der Waals surface area contributed by atoms with Gasteiger partial charge in [-0.1, -0.05) is 12.8 Å². The SMILES string of the molecule is O=C(c1scnc1C1CCCC1)N1CCN(c2ccc(O)cc2)CC1. The van der Waals surface area contributed by atoms with Gasteiger partial charge in [0.2, 0.25) is 0 Å². The standard InChI is InChI=1S/C19H23N3O2S/c23-16-7-5-15(6-8-16)21-9-11-22(12-10-21)19(24)18-17(20-13-25-18)14-3-1-2-4-14/h5-8,13-14,23H,1-4,9-12H2. The maximum Gasteiger partial charge on any atom is 0.265 e. The summed E-state index contributed by atoms with van der Waals surface area (Å²) in [6, 6.07) is 7.26. The number of phenols is 1. The van der Waals surface area contributed by atoms with E-state index in [0.717, 1.165) is 42.4 Å². The highest BCUT2D eigenvalue weighted by molar-refractivity contribution is 7.11. The molecule has 2 aromatic rings. The number of carbonyl (C=O) groups excluding carboxylic acids is 1. The number of phenolic OH excluding ortho intramolecular Hbond substituents is 1. The van der Waals surface area contributed by atoms with E-state index in [9.17, 15) is 9.90 Å². The van der Waals surface area contributed by atoms with Crippen molar-refractivity contribution in [3.8, 4) is 5.75 Å². The van der Waals surface area contributed by atoms with Gasteiger partial charge in [0, 0.05) is 37.8 Å². The summed E-state index contributed by atoms with van der Waals surface area (Å²) >= 11 is 1.49. The average Bonchev–Trinajstić information content (AvgIpc) is 3.33. The molecule has 2 aliphatic rings. The van der Waals surface area contributed by atoms with Crippen molar-refractivity contribution >= 4 is 22.9 Å². The number of benzene rings is 1. The maximum absolute atomic E-state index is 13.0. The molecule has 1 aliphatic carbocycles. The highest BCUT2D eigenvalue weighted by Gasteiger charge is 2.29. The number of aromatic hydroxyl groups is 1. The molecule has 0 spiro atoms. The van der Waals surface area contributed by atoms with Gasteiger partial charge in [0.25, 0.3) is 5.91 Å². The van der Waals surface area contributed by atoms with Gasteiger partial charge in [-0.15, -0.1) is 11.3 Å². The molecular weight excluding hydrogens is 334 g/mol. The first kappa shape index (κ1) is 16.4. The number of carbonyl (C=O) groups is 1. The van der Waals surface area contributed by atoms with Crippen molar-refractivity contribution in [1.29, 1.82) is 0 Å². The van der Waals surface area contributed by atoms with Gasteiger partial charge >= 0.3 is 0 Å². The lowest BCUT2D eigenvalue weighted by Crippen LogP contribution is -2.48. The van der Waals surface area contributed by atoms with Gasteiger partial charge in [-0.25, -0.2) is 4.98 Å². The molecular formula is C19H23N3O2S. The number of amides is 1. The van der Waals surface area contributed by atoms with Crippen LogP contribution in [0.1, 0.15) is 47.0 Å². The molecule has 132 valence electrons. The minimum Gasteiger partial charge on any atom is -0.508 e. The Bertz CT molecular complexity index is 729. The molecule has 0 bridgehead atoms. The first-order valence-corrected chi connectivity index (χ1v) is 9.87. The summed E-state index contributed by atoms with van der Waals surface area (Å²) in [5, 5.41) is 9.42. The Hall–Kier alpha value is -2.08. The summed E-state index contributed by atoms with van der Waals surface area (Å²) in [6.07, 6.45) is 4.83. The smallest absolute Gasteiger partial charge is 0.265 e. The van der Waals surface area contributed by atoms with E-state index in [4.69, 9.17) is 0 Å². The zero-order valence-electron chi connectivity index (χ0n) is 14.2. The van der Waals surface area contributed by atoms with Crippen molar-refractivity contribution < 1.29 is 9.90 Å². The number of thiazole rings is 1. The molecule has 1 amide bonds. The molecule has 4 rings (SSSR count). The van der Waals surface area contributed by atoms with Gasteiger partial charge in [0.15, 0.2) is 0 Å². The lowest BCUT2D eigenvalue weighted by molar-refractivity contribution is 0.0750. The molecule has 25 heavy (non-hydrogen) atoms. The van der Waals surface area contributed by atoms with Crippen LogP contribution in [0.25, 0.3) is 0 Å². The number of piperazine rings is 1. The quantitative estimate of drug-likeness (QED) is 0.914. The van der Waals surface area contributed by atoms with Gasteiger partial charge in [-0.05, 0) is 37.1 Å². The van der Waals surface area contributed by atoms with Crippen molar-refractivity contribution in [2.45, 2.75) is 31.6 Å². The lowest BCUT2D eigenvalue weighted by atomic mass is 10.0. The van der Waals surface area contributed by atoms with Gasteiger partial charge in [0.05, 0.1) is 11.2 Å². The fourth-order valence-electron chi connectivity index (χ4n) is 3.88. The van der Waals surface area contributed by atoms with Crippen molar-refractivity contribution in [3.05, 3.63) is 40.3 Å². The third-order valence-electron chi connectivity index (χ3n) is 5.31. The number of aromatic nitrogens is 1. The first-order chi connectivity index (χ1) is 12.2. The van der Waals surface area contributed by atoms with E-state index in [0.29, 0.717) is 5.92 Å². The minimum absolute atomic E-state index is 0.148. The van der Waals surface area contributed by atoms with Gasteiger partial charge in [-0.3, -0.25) is 4.79 Å². The first-order valence-electron chi connectivity index (χ1n) is 8.99. The van der Waals surface area contributed by atoms with Crippen molar-refractivity contribution in [2.24, 2.45) is 0 Å². The Labute approximate surface area is 151 Å². The van der Waals surface area contributed by atoms with Crippen LogP contribution in [0.15, 0.2) is 29.8 Å². The summed E-state index contributed by atoms with van der Waals surface area (Å²) in [6.45, 7) is 3.07. The van der Waals surface area contributed by atoms with E-state index in [-0.39, 0.29) is 11.7 Å². The van der Waals surface area contributed by atoms with E-state index in [2.05, 4.69) is 9.88 Å². The highest BCUT2D eigenvalue weighted by atomic mass is 32.1. The van der Waals surface area contributed by atoms with Crippen molar-refractivity contribution in [1.82, 2.24) is 9.88 Å². The Kier molecular flexibility index (Phi) is 4.61. The molecule has 1 N–H and O–H groups in total. The lowest BCUT2D eigenvalue weighted by Gasteiger charge is -2.36. The van der Waals surface area contributed by atoms with Gasteiger partial charge in [-0.2, -0.15) is 0 Å². The molecule has 2 heterocycles. The molecule has 0 unspecified atom stereocenters. The third kappa shape index (κ3) is 3.35. The van der Waals surface area contributed by atoms with E-state index < -0.39 is 0 Å². The molecule has 1 saturated heterocycles. The second-order valence-corrected chi connectivity index (χ2v) is 7.70. The van der Waals surface area contributed by atoms with Crippen molar-refractivity contribution in [3.63, 3.8) is 0 Å². The van der Waals surface area contributed by atoms with Crippen LogP contribution >= 0.6 is 11.3 Å². The Morgan fingerprint density at radius 2 is 1.76 bits per heavy atom. The molecule has 1 aromatic heterocycles. The van der Waals surface area contributed by atoms with Crippen molar-refractivity contribution in [2.75, 3.05) is 31.1 Å². The van der Waals surface area contributed by atoms with E-state index in [1.165, 1.54) is 37.0 Å². The molecule has 0 radical (unpaired) electrons. The Morgan fingerprint density at radius 3 is 2.44 bits per heavy atom. The van der Waals surface area contributed by atoms with Gasteiger partial charge in [0.1, 0.15) is 10.6 Å². The zero-order valence-corrected chi connectivity index (χ0v) is 15.0. The monoisotopic (exact) mass is 357 g/mol. The predicted octanol–water partition coefficient (Wildman–Crippen LogP) is 3.47. The normalized spacial score (nSPS) is 18.7. The zero-order chi connectivity index (χ0) is 17.2. The van der Waals surface area contributed by atoms with Crippen LogP contribution in [0.2, 0.25) is 0 Å². The van der Waals surface area contributed by atoms with Gasteiger partial charge < -0.3 is 14.9 Å². The van der Waals surface area contributed by atoms with Crippen LogP contribution in [-0.4, -0.2) is 47.1 Å². The number of anilines is 1. The molecule has 0 atom stereocenters. The Morgan fingerprint density at radius 1 is 1.08 bits per heavy atom. The fraction of sp³-hybridized carbons (Fsp3) is 0.474. The molecule has 1 saturated carbocycles. The van der Waals surface area contributed by atoms with Crippen LogP contribution in [0, 0.1) is 0 Å².